The maximum atomic E-state index is 14.5. The van der Waals surface area contributed by atoms with Gasteiger partial charge in [0, 0.05) is 50.5 Å². The van der Waals surface area contributed by atoms with E-state index in [1.807, 2.05) is 50.2 Å². The Hall–Kier alpha value is -4.29. The molecule has 288 valence electrons. The zero-order chi connectivity index (χ0) is 39.5. The molecule has 8 nitrogen and oxygen atoms in total. The van der Waals surface area contributed by atoms with Gasteiger partial charge in [-0.1, -0.05) is 0 Å². The number of carbonyl (C=O) groups is 2. The number of pyridine rings is 1. The topological polar surface area (TPSA) is 98.4 Å². The van der Waals surface area contributed by atoms with E-state index in [-0.39, 0.29) is 22.5 Å². The molecule has 1 fully saturated rings. The first-order valence-corrected chi connectivity index (χ1v) is 19.8. The average molecular weight is 979 g/mol. The van der Waals surface area contributed by atoms with Crippen molar-refractivity contribution in [3.05, 3.63) is 143 Å². The summed E-state index contributed by atoms with van der Waals surface area (Å²) in [6.45, 7) is 7.41. The molecule has 0 unspecified atom stereocenters. The second-order valence-corrected chi connectivity index (χ2v) is 15.4. The summed E-state index contributed by atoms with van der Waals surface area (Å²) in [5.74, 6) is -5.04. The number of rotatable bonds is 12. The number of nitrogens with one attached hydrogen (secondary N) is 4. The molecule has 0 aliphatic carbocycles. The number of hydrogen-bond donors (Lipinski definition) is 4. The minimum atomic E-state index is -1.08. The van der Waals surface area contributed by atoms with Gasteiger partial charge in [-0.3, -0.25) is 14.6 Å². The van der Waals surface area contributed by atoms with E-state index in [4.69, 9.17) is 0 Å². The van der Waals surface area contributed by atoms with E-state index in [9.17, 15) is 27.2 Å². The van der Waals surface area contributed by atoms with Crippen LogP contribution in [0.1, 0.15) is 50.2 Å². The first-order chi connectivity index (χ1) is 26.4. The van der Waals surface area contributed by atoms with Crippen molar-refractivity contribution in [3.63, 3.8) is 0 Å². The molecule has 4 aromatic carbocycles. The SMILES string of the molecule is Cc1cc(I)ccc1Nc1c(C(=O)NCCN2CCCC2)ccc(F)c1F.Cc1cc(I)ccc1Nc1c(C(=O)NCCc2ccncc2)ccc(F)c1F. The van der Waals surface area contributed by atoms with Crippen LogP contribution >= 0.6 is 45.2 Å². The van der Waals surface area contributed by atoms with Crippen molar-refractivity contribution in [2.45, 2.75) is 33.1 Å². The van der Waals surface area contributed by atoms with Gasteiger partial charge in [0.2, 0.25) is 0 Å². The lowest BCUT2D eigenvalue weighted by Crippen LogP contribution is -2.33. The summed E-state index contributed by atoms with van der Waals surface area (Å²) < 4.78 is 58.6. The summed E-state index contributed by atoms with van der Waals surface area (Å²) in [5, 5.41) is 11.3. The van der Waals surface area contributed by atoms with E-state index in [0.717, 1.165) is 55.6 Å². The average Bonchev–Trinajstić information content (AvgIpc) is 3.68. The number of aryl methyl sites for hydroxylation is 2. The van der Waals surface area contributed by atoms with Crippen molar-refractivity contribution < 1.29 is 27.2 Å². The van der Waals surface area contributed by atoms with Crippen molar-refractivity contribution in [1.29, 1.82) is 0 Å². The summed E-state index contributed by atoms with van der Waals surface area (Å²) in [5.41, 5.74) is 3.82. The number of anilines is 4. The van der Waals surface area contributed by atoms with Crippen molar-refractivity contribution in [3.8, 4) is 0 Å². The lowest BCUT2D eigenvalue weighted by atomic mass is 10.1. The molecule has 5 aromatic rings. The highest BCUT2D eigenvalue weighted by molar-refractivity contribution is 14.1. The summed E-state index contributed by atoms with van der Waals surface area (Å²) in [6.07, 6.45) is 6.33. The fourth-order valence-corrected chi connectivity index (χ4v) is 7.22. The molecule has 14 heteroatoms. The highest BCUT2D eigenvalue weighted by atomic mass is 127. The van der Waals surface area contributed by atoms with Gasteiger partial charge >= 0.3 is 0 Å². The lowest BCUT2D eigenvalue weighted by Gasteiger charge is -2.17. The largest absolute Gasteiger partial charge is 0.352 e. The van der Waals surface area contributed by atoms with Gasteiger partial charge in [0.25, 0.3) is 11.8 Å². The van der Waals surface area contributed by atoms with Crippen molar-refractivity contribution >= 4 is 79.7 Å². The fourth-order valence-electron chi connectivity index (χ4n) is 5.92. The van der Waals surface area contributed by atoms with Crippen LogP contribution in [0.5, 0.6) is 0 Å². The van der Waals surface area contributed by atoms with Crippen LogP contribution in [0.15, 0.2) is 85.2 Å². The third kappa shape index (κ3) is 11.6. The quantitative estimate of drug-likeness (QED) is 0.0736. The van der Waals surface area contributed by atoms with Crippen LogP contribution < -0.4 is 21.3 Å². The van der Waals surface area contributed by atoms with E-state index in [1.165, 1.54) is 25.0 Å². The maximum Gasteiger partial charge on any atom is 0.253 e. The van der Waals surface area contributed by atoms with Gasteiger partial charge in [-0.2, -0.15) is 0 Å². The summed E-state index contributed by atoms with van der Waals surface area (Å²) in [4.78, 5) is 31.4. The second kappa shape index (κ2) is 20.0. The predicted octanol–water partition coefficient (Wildman–Crippen LogP) is 9.44. The van der Waals surface area contributed by atoms with Gasteiger partial charge in [0.15, 0.2) is 23.3 Å². The number of likely N-dealkylation sites (tertiary alicyclic amines) is 1. The first-order valence-electron chi connectivity index (χ1n) is 17.6. The van der Waals surface area contributed by atoms with Crippen molar-refractivity contribution in [2.75, 3.05) is 43.4 Å². The third-order valence-corrected chi connectivity index (χ3v) is 10.3. The Morgan fingerprint density at radius 1 is 0.673 bits per heavy atom. The minimum Gasteiger partial charge on any atom is -0.352 e. The van der Waals surface area contributed by atoms with E-state index in [2.05, 4.69) is 76.3 Å². The van der Waals surface area contributed by atoms with Gasteiger partial charge in [-0.25, -0.2) is 17.6 Å². The molecule has 0 saturated carbocycles. The second-order valence-electron chi connectivity index (χ2n) is 12.9. The Morgan fingerprint density at radius 2 is 1.15 bits per heavy atom. The highest BCUT2D eigenvalue weighted by Gasteiger charge is 2.21. The van der Waals surface area contributed by atoms with Crippen LogP contribution in [0.25, 0.3) is 0 Å². The first kappa shape index (κ1) is 41.9. The lowest BCUT2D eigenvalue weighted by molar-refractivity contribution is 0.0943. The van der Waals surface area contributed by atoms with E-state index >= 15 is 0 Å². The molecule has 6 rings (SSSR count). The zero-order valence-electron chi connectivity index (χ0n) is 30.2. The van der Waals surface area contributed by atoms with Crippen LogP contribution in [0.2, 0.25) is 0 Å². The Bertz CT molecular complexity index is 2130. The summed E-state index contributed by atoms with van der Waals surface area (Å²) in [7, 11) is 0. The van der Waals surface area contributed by atoms with Crippen molar-refractivity contribution in [1.82, 2.24) is 20.5 Å². The molecule has 2 heterocycles. The van der Waals surface area contributed by atoms with E-state index < -0.39 is 35.1 Å². The molecule has 1 saturated heterocycles. The minimum absolute atomic E-state index is 0.0478. The summed E-state index contributed by atoms with van der Waals surface area (Å²) >= 11 is 4.36. The van der Waals surface area contributed by atoms with E-state index in [1.54, 1.807) is 24.5 Å². The van der Waals surface area contributed by atoms with Gasteiger partial charge < -0.3 is 26.2 Å². The standard InChI is InChI=1S/C21H18F2IN3O.C20H22F2IN3O/c1-13-12-15(24)2-5-18(13)27-20-16(3-4-17(22)19(20)23)21(28)26-11-8-14-6-9-25-10-7-14;1-13-12-14(23)4-7-17(13)25-19-15(5-6-16(21)18(19)22)20(27)24-8-11-26-9-2-3-10-26/h2-7,9-10,12,27H,8,11H2,1H3,(H,26,28);4-7,12,25H,2-3,8-11H2,1H3,(H,24,27). The molecule has 0 bridgehead atoms. The molecule has 0 spiro atoms. The number of amides is 2. The summed E-state index contributed by atoms with van der Waals surface area (Å²) in [6, 6.07) is 19.4. The van der Waals surface area contributed by atoms with Gasteiger partial charge in [0.05, 0.1) is 22.5 Å². The third-order valence-electron chi connectivity index (χ3n) is 8.94. The number of hydrogen-bond acceptors (Lipinski definition) is 6. The molecule has 1 aromatic heterocycles. The van der Waals surface area contributed by atoms with Crippen molar-refractivity contribution in [2.24, 2.45) is 0 Å². The molecule has 55 heavy (non-hydrogen) atoms. The fraction of sp³-hybridized carbons (Fsp3) is 0.244. The monoisotopic (exact) mass is 978 g/mol. The van der Waals surface area contributed by atoms with E-state index in [0.29, 0.717) is 30.9 Å². The number of halogens is 6. The number of nitrogens with zero attached hydrogens (tertiary/aromatic N) is 2. The van der Waals surface area contributed by atoms with Crippen LogP contribution in [0.4, 0.5) is 40.3 Å². The van der Waals surface area contributed by atoms with Crippen LogP contribution in [0, 0.1) is 44.3 Å². The Labute approximate surface area is 345 Å². The molecular weight excluding hydrogens is 938 g/mol. The van der Waals surface area contributed by atoms with Crippen LogP contribution in [-0.2, 0) is 6.42 Å². The molecule has 2 amide bonds. The molecule has 1 aliphatic heterocycles. The zero-order valence-corrected chi connectivity index (χ0v) is 34.5. The molecule has 4 N–H and O–H groups in total. The number of aromatic nitrogens is 1. The molecule has 0 radical (unpaired) electrons. The number of benzene rings is 4. The molecule has 1 aliphatic rings. The molecular formula is C41H40F4I2N6O2. The smallest absolute Gasteiger partial charge is 0.253 e. The number of carbonyl (C=O) groups excluding carboxylic acids is 2. The Morgan fingerprint density at radius 3 is 1.62 bits per heavy atom. The van der Waals surface area contributed by atoms with Crippen LogP contribution in [-0.4, -0.2) is 54.4 Å². The maximum absolute atomic E-state index is 14.5. The van der Waals surface area contributed by atoms with Gasteiger partial charge in [-0.15, -0.1) is 0 Å². The normalized spacial score (nSPS) is 12.4. The Balaban J connectivity index is 0.000000211. The van der Waals surface area contributed by atoms with Gasteiger partial charge in [-0.05, 0) is 181 Å². The highest BCUT2D eigenvalue weighted by Crippen LogP contribution is 2.30. The van der Waals surface area contributed by atoms with Crippen LogP contribution in [0.3, 0.4) is 0 Å². The predicted molar refractivity (Wildman–Crippen MR) is 225 cm³/mol. The molecule has 0 atom stereocenters. The van der Waals surface area contributed by atoms with Gasteiger partial charge in [0.1, 0.15) is 0 Å². The Kier molecular flexibility index (Phi) is 15.3.